The van der Waals surface area contributed by atoms with Crippen molar-refractivity contribution in [3.63, 3.8) is 0 Å². The van der Waals surface area contributed by atoms with E-state index in [1.165, 1.54) is 12.1 Å². The van der Waals surface area contributed by atoms with E-state index in [0.29, 0.717) is 16.9 Å². The number of pyridine rings is 1. The molecule has 3 N–H and O–H groups in total. The van der Waals surface area contributed by atoms with Gasteiger partial charge in [-0.1, -0.05) is 12.1 Å². The van der Waals surface area contributed by atoms with Crippen molar-refractivity contribution < 1.29 is 8.42 Å². The number of sulfonamides is 1. The molecule has 2 aromatic carbocycles. The first-order chi connectivity index (χ1) is 10.9. The molecular weight excluding hydrogens is 310 g/mol. The third-order valence-electron chi connectivity index (χ3n) is 3.61. The van der Waals surface area contributed by atoms with Crippen LogP contribution in [0.2, 0.25) is 0 Å². The summed E-state index contributed by atoms with van der Waals surface area (Å²) >= 11 is 0. The van der Waals surface area contributed by atoms with Crippen molar-refractivity contribution in [2.75, 3.05) is 10.5 Å². The maximum Gasteiger partial charge on any atom is 0.261 e. The molecule has 0 saturated heterocycles. The molecule has 1 heterocycles. The van der Waals surface area contributed by atoms with Crippen molar-refractivity contribution in [1.82, 2.24) is 4.98 Å². The van der Waals surface area contributed by atoms with E-state index in [1.807, 2.05) is 32.0 Å². The van der Waals surface area contributed by atoms with E-state index in [2.05, 4.69) is 9.71 Å². The zero-order valence-corrected chi connectivity index (χ0v) is 13.7. The van der Waals surface area contributed by atoms with E-state index >= 15 is 0 Å². The number of aryl methyl sites for hydroxylation is 2. The second-order valence-electron chi connectivity index (χ2n) is 5.46. The molecular formula is C17H17N3O2S. The second-order valence-corrected chi connectivity index (χ2v) is 7.14. The van der Waals surface area contributed by atoms with Crippen LogP contribution in [0.5, 0.6) is 0 Å². The number of nitrogen functional groups attached to an aromatic ring is 1. The number of nitrogens with zero attached hydrogens (tertiary/aromatic N) is 1. The third-order valence-corrected chi connectivity index (χ3v) is 4.99. The normalized spacial score (nSPS) is 11.6. The highest BCUT2D eigenvalue weighted by Gasteiger charge is 2.16. The Labute approximate surface area is 135 Å². The molecule has 5 nitrogen and oxygen atoms in total. The summed E-state index contributed by atoms with van der Waals surface area (Å²) in [6.45, 7) is 3.87. The van der Waals surface area contributed by atoms with Crippen LogP contribution in [-0.4, -0.2) is 13.4 Å². The number of aromatic nitrogens is 1. The van der Waals surface area contributed by atoms with E-state index < -0.39 is 10.0 Å². The van der Waals surface area contributed by atoms with Gasteiger partial charge in [0.25, 0.3) is 10.0 Å². The number of nitrogens with one attached hydrogen (secondary N) is 1. The van der Waals surface area contributed by atoms with Gasteiger partial charge in [0.15, 0.2) is 0 Å². The van der Waals surface area contributed by atoms with E-state index in [1.54, 1.807) is 18.2 Å². The Morgan fingerprint density at radius 3 is 2.43 bits per heavy atom. The molecule has 0 amide bonds. The Kier molecular flexibility index (Phi) is 3.69. The van der Waals surface area contributed by atoms with Gasteiger partial charge in [-0.05, 0) is 55.8 Å². The fourth-order valence-electron chi connectivity index (χ4n) is 2.51. The molecule has 118 valence electrons. The molecule has 0 aliphatic carbocycles. The van der Waals surface area contributed by atoms with Gasteiger partial charge in [-0.3, -0.25) is 9.71 Å². The number of para-hydroxylation sites is 1. The highest BCUT2D eigenvalue weighted by Crippen LogP contribution is 2.27. The van der Waals surface area contributed by atoms with Crippen LogP contribution >= 0.6 is 0 Å². The van der Waals surface area contributed by atoms with Gasteiger partial charge in [-0.25, -0.2) is 8.42 Å². The van der Waals surface area contributed by atoms with Gasteiger partial charge in [0, 0.05) is 16.8 Å². The number of anilines is 2. The maximum absolute atomic E-state index is 12.5. The lowest BCUT2D eigenvalue weighted by molar-refractivity contribution is 0.601. The second kappa shape index (κ2) is 5.55. The first-order valence-corrected chi connectivity index (χ1v) is 8.60. The van der Waals surface area contributed by atoms with Gasteiger partial charge in [-0.15, -0.1) is 0 Å². The largest absolute Gasteiger partial charge is 0.399 e. The summed E-state index contributed by atoms with van der Waals surface area (Å²) in [6, 6.07) is 13.5. The Hall–Kier alpha value is -2.60. The minimum absolute atomic E-state index is 0.160. The summed E-state index contributed by atoms with van der Waals surface area (Å²) in [6.07, 6.45) is 0. The van der Waals surface area contributed by atoms with Crippen molar-refractivity contribution in [2.45, 2.75) is 18.7 Å². The van der Waals surface area contributed by atoms with Crippen LogP contribution in [0.3, 0.4) is 0 Å². The van der Waals surface area contributed by atoms with E-state index in [-0.39, 0.29) is 4.90 Å². The van der Waals surface area contributed by atoms with Crippen LogP contribution in [0, 0.1) is 13.8 Å². The lowest BCUT2D eigenvalue weighted by atomic mass is 10.1. The Balaban J connectivity index is 2.09. The van der Waals surface area contributed by atoms with Crippen LogP contribution in [0.1, 0.15) is 11.3 Å². The molecule has 3 aromatic rings. The fourth-order valence-corrected chi connectivity index (χ4v) is 3.58. The van der Waals surface area contributed by atoms with Crippen LogP contribution < -0.4 is 10.5 Å². The van der Waals surface area contributed by atoms with E-state index in [0.717, 1.165) is 16.6 Å². The molecule has 0 bridgehead atoms. The molecule has 0 unspecified atom stereocenters. The zero-order chi connectivity index (χ0) is 16.6. The molecule has 0 spiro atoms. The Bertz CT molecular complexity index is 981. The average Bonchev–Trinajstić information content (AvgIpc) is 2.48. The van der Waals surface area contributed by atoms with Crippen LogP contribution in [0.25, 0.3) is 10.9 Å². The van der Waals surface area contributed by atoms with Gasteiger partial charge < -0.3 is 5.73 Å². The minimum Gasteiger partial charge on any atom is -0.399 e. The number of rotatable bonds is 3. The molecule has 0 atom stereocenters. The molecule has 0 aliphatic heterocycles. The van der Waals surface area contributed by atoms with Gasteiger partial charge >= 0.3 is 0 Å². The highest BCUT2D eigenvalue weighted by atomic mass is 32.2. The third kappa shape index (κ3) is 2.98. The van der Waals surface area contributed by atoms with Gasteiger partial charge in [0.2, 0.25) is 0 Å². The monoisotopic (exact) mass is 327 g/mol. The summed E-state index contributed by atoms with van der Waals surface area (Å²) in [5.74, 6) is 0. The van der Waals surface area contributed by atoms with Crippen molar-refractivity contribution in [3.8, 4) is 0 Å². The average molecular weight is 327 g/mol. The summed E-state index contributed by atoms with van der Waals surface area (Å²) in [4.78, 5) is 4.64. The molecule has 6 heteroatoms. The maximum atomic E-state index is 12.5. The highest BCUT2D eigenvalue weighted by molar-refractivity contribution is 7.92. The molecule has 0 saturated carbocycles. The number of fused-ring (bicyclic) bond motifs is 1. The fraction of sp³-hybridized carbons (Fsp3) is 0.118. The number of hydrogen-bond acceptors (Lipinski definition) is 4. The van der Waals surface area contributed by atoms with Crippen molar-refractivity contribution in [2.24, 2.45) is 0 Å². The Morgan fingerprint density at radius 1 is 1.04 bits per heavy atom. The molecule has 0 radical (unpaired) electrons. The quantitative estimate of drug-likeness (QED) is 0.723. The van der Waals surface area contributed by atoms with Crippen molar-refractivity contribution >= 4 is 32.3 Å². The molecule has 0 fully saturated rings. The summed E-state index contributed by atoms with van der Waals surface area (Å²) in [5, 5.41) is 0.924. The summed E-state index contributed by atoms with van der Waals surface area (Å²) in [5.41, 5.74) is 9.13. The SMILES string of the molecule is Cc1cc(C)c2cccc(NS(=O)(=O)c3ccc(N)cc3)c2n1. The standard InChI is InChI=1S/C17H17N3O2S/c1-11-10-12(2)19-17-15(11)4-3-5-16(17)20-23(21,22)14-8-6-13(18)7-9-14/h3-10,20H,18H2,1-2H3. The lowest BCUT2D eigenvalue weighted by Crippen LogP contribution is -2.13. The smallest absolute Gasteiger partial charge is 0.261 e. The van der Waals surface area contributed by atoms with Crippen LogP contribution in [0.15, 0.2) is 53.4 Å². The zero-order valence-electron chi connectivity index (χ0n) is 12.9. The van der Waals surface area contributed by atoms with Gasteiger partial charge in [0.1, 0.15) is 0 Å². The van der Waals surface area contributed by atoms with Gasteiger partial charge in [-0.2, -0.15) is 0 Å². The lowest BCUT2D eigenvalue weighted by Gasteiger charge is -2.12. The molecule has 3 rings (SSSR count). The predicted molar refractivity (Wildman–Crippen MR) is 92.9 cm³/mol. The predicted octanol–water partition coefficient (Wildman–Crippen LogP) is 3.23. The van der Waals surface area contributed by atoms with Crippen LogP contribution in [0.4, 0.5) is 11.4 Å². The van der Waals surface area contributed by atoms with E-state index in [4.69, 9.17) is 5.73 Å². The molecule has 1 aromatic heterocycles. The first kappa shape index (κ1) is 15.3. The number of hydrogen-bond donors (Lipinski definition) is 2. The molecule has 23 heavy (non-hydrogen) atoms. The number of nitrogens with two attached hydrogens (primary N) is 1. The first-order valence-electron chi connectivity index (χ1n) is 7.12. The minimum atomic E-state index is -3.69. The van der Waals surface area contributed by atoms with Gasteiger partial charge in [0.05, 0.1) is 16.1 Å². The Morgan fingerprint density at radius 2 is 1.74 bits per heavy atom. The summed E-state index contributed by atoms with van der Waals surface area (Å²) < 4.78 is 27.7. The molecule has 0 aliphatic rings. The van der Waals surface area contributed by atoms with Crippen molar-refractivity contribution in [3.05, 3.63) is 59.8 Å². The van der Waals surface area contributed by atoms with E-state index in [9.17, 15) is 8.42 Å². The summed E-state index contributed by atoms with van der Waals surface area (Å²) in [7, 11) is -3.69. The number of benzene rings is 2. The van der Waals surface area contributed by atoms with Crippen molar-refractivity contribution in [1.29, 1.82) is 0 Å². The topological polar surface area (TPSA) is 85.1 Å². The van der Waals surface area contributed by atoms with Crippen LogP contribution in [-0.2, 0) is 10.0 Å².